The second-order valence-electron chi connectivity index (χ2n) is 5.44. The van der Waals surface area contributed by atoms with Crippen molar-refractivity contribution in [1.29, 1.82) is 0 Å². The summed E-state index contributed by atoms with van der Waals surface area (Å²) in [6, 6.07) is 10.3. The summed E-state index contributed by atoms with van der Waals surface area (Å²) in [6.45, 7) is 2.06. The number of aromatic nitrogens is 6. The Morgan fingerprint density at radius 2 is 1.91 bits per heavy atom. The van der Waals surface area contributed by atoms with E-state index in [0.717, 1.165) is 37.2 Å². The lowest BCUT2D eigenvalue weighted by molar-refractivity contribution is 0.337. The molecular weight excluding hydrogens is 278 g/mol. The zero-order valence-electron chi connectivity index (χ0n) is 12.1. The number of benzene rings is 1. The monoisotopic (exact) mass is 295 g/mol. The van der Waals surface area contributed by atoms with Crippen LogP contribution in [0.15, 0.2) is 36.5 Å². The number of hydrogen-bond acceptors (Lipinski definition) is 5. The lowest BCUT2D eigenvalue weighted by Gasteiger charge is -2.21. The minimum absolute atomic E-state index is 0.416. The quantitative estimate of drug-likeness (QED) is 0.767. The maximum absolute atomic E-state index is 4.51. The first-order valence-corrected chi connectivity index (χ1v) is 7.51. The maximum Gasteiger partial charge on any atom is 0.181 e. The number of piperidine rings is 1. The van der Waals surface area contributed by atoms with E-state index in [1.54, 1.807) is 0 Å². The zero-order valence-corrected chi connectivity index (χ0v) is 12.1. The molecule has 3 aromatic rings. The molecule has 0 radical (unpaired) electrons. The summed E-state index contributed by atoms with van der Waals surface area (Å²) in [5, 5.41) is 19.0. The van der Waals surface area contributed by atoms with Crippen LogP contribution in [0.1, 0.15) is 18.9 Å². The highest BCUT2D eigenvalue weighted by atomic mass is 15.4. The van der Waals surface area contributed by atoms with E-state index in [0.29, 0.717) is 17.7 Å². The van der Waals surface area contributed by atoms with Crippen LogP contribution in [-0.2, 0) is 0 Å². The largest absolute Gasteiger partial charge is 0.317 e. The molecule has 2 aromatic heterocycles. The fraction of sp³-hybridized carbons (Fsp3) is 0.333. The normalized spacial score (nSPS) is 16.0. The van der Waals surface area contributed by atoms with Crippen LogP contribution in [0.2, 0.25) is 0 Å². The predicted octanol–water partition coefficient (Wildman–Crippen LogP) is 1.65. The van der Waals surface area contributed by atoms with Crippen molar-refractivity contribution in [1.82, 2.24) is 35.5 Å². The molecule has 1 fully saturated rings. The molecule has 3 heterocycles. The average Bonchev–Trinajstić information content (AvgIpc) is 3.26. The molecule has 7 nitrogen and oxygen atoms in total. The Morgan fingerprint density at radius 3 is 2.73 bits per heavy atom. The Bertz CT molecular complexity index is 740. The van der Waals surface area contributed by atoms with Crippen LogP contribution < -0.4 is 5.32 Å². The summed E-state index contributed by atoms with van der Waals surface area (Å²) >= 11 is 0. The molecule has 0 spiro atoms. The van der Waals surface area contributed by atoms with E-state index in [1.807, 2.05) is 41.2 Å². The number of hydrogen-bond donors (Lipinski definition) is 2. The first-order valence-electron chi connectivity index (χ1n) is 7.51. The van der Waals surface area contributed by atoms with Gasteiger partial charge in [0.25, 0.3) is 0 Å². The lowest BCUT2D eigenvalue weighted by atomic mass is 10.1. The van der Waals surface area contributed by atoms with E-state index in [1.165, 1.54) is 0 Å². The minimum atomic E-state index is 0.416. The molecule has 2 N–H and O–H groups in total. The molecule has 1 aliphatic rings. The van der Waals surface area contributed by atoms with Gasteiger partial charge in [-0.05, 0) is 25.9 Å². The Morgan fingerprint density at radius 1 is 1.09 bits per heavy atom. The van der Waals surface area contributed by atoms with Crippen LogP contribution in [-0.4, -0.2) is 43.3 Å². The second-order valence-corrected chi connectivity index (χ2v) is 5.44. The molecule has 1 aliphatic heterocycles. The van der Waals surface area contributed by atoms with Crippen LogP contribution in [0.4, 0.5) is 0 Å². The molecule has 112 valence electrons. The van der Waals surface area contributed by atoms with Crippen molar-refractivity contribution in [2.75, 3.05) is 13.1 Å². The van der Waals surface area contributed by atoms with Gasteiger partial charge in [0.15, 0.2) is 11.6 Å². The molecule has 4 rings (SSSR count). The zero-order chi connectivity index (χ0) is 14.8. The molecule has 7 heteroatoms. The van der Waals surface area contributed by atoms with Crippen molar-refractivity contribution in [2.24, 2.45) is 0 Å². The summed E-state index contributed by atoms with van der Waals surface area (Å²) in [4.78, 5) is 4.51. The third-order valence-electron chi connectivity index (χ3n) is 3.95. The SMILES string of the molecule is c1ccc(-c2n[nH]c(-c3cn(C4CCNCC4)nn3)n2)cc1. The molecule has 1 aromatic carbocycles. The van der Waals surface area contributed by atoms with Crippen molar-refractivity contribution in [3.8, 4) is 22.9 Å². The Kier molecular flexibility index (Phi) is 3.40. The van der Waals surface area contributed by atoms with E-state index >= 15 is 0 Å². The van der Waals surface area contributed by atoms with Crippen molar-refractivity contribution in [3.63, 3.8) is 0 Å². The highest BCUT2D eigenvalue weighted by Crippen LogP contribution is 2.21. The van der Waals surface area contributed by atoms with Gasteiger partial charge in [-0.3, -0.25) is 5.10 Å². The van der Waals surface area contributed by atoms with Crippen molar-refractivity contribution >= 4 is 0 Å². The van der Waals surface area contributed by atoms with Crippen molar-refractivity contribution in [2.45, 2.75) is 18.9 Å². The van der Waals surface area contributed by atoms with Gasteiger partial charge in [0, 0.05) is 5.56 Å². The van der Waals surface area contributed by atoms with Crippen LogP contribution in [0, 0.1) is 0 Å². The minimum Gasteiger partial charge on any atom is -0.317 e. The van der Waals surface area contributed by atoms with E-state index in [2.05, 4.69) is 30.8 Å². The summed E-state index contributed by atoms with van der Waals surface area (Å²) in [5.41, 5.74) is 1.71. The summed E-state index contributed by atoms with van der Waals surface area (Å²) in [7, 11) is 0. The van der Waals surface area contributed by atoms with Gasteiger partial charge in [-0.25, -0.2) is 9.67 Å². The number of aromatic amines is 1. The standard InChI is InChI=1S/C15H17N7/c1-2-4-11(5-3-1)14-17-15(20-19-14)13-10-22(21-18-13)12-6-8-16-9-7-12/h1-5,10,12,16H,6-9H2,(H,17,19,20). The molecule has 22 heavy (non-hydrogen) atoms. The van der Waals surface area contributed by atoms with Crippen LogP contribution in [0.25, 0.3) is 22.9 Å². The molecule has 1 saturated heterocycles. The number of nitrogens with one attached hydrogen (secondary N) is 2. The molecule has 0 unspecified atom stereocenters. The summed E-state index contributed by atoms with van der Waals surface area (Å²) in [5.74, 6) is 1.33. The van der Waals surface area contributed by atoms with Crippen molar-refractivity contribution in [3.05, 3.63) is 36.5 Å². The summed E-state index contributed by atoms with van der Waals surface area (Å²) < 4.78 is 1.95. The Balaban J connectivity index is 1.58. The third kappa shape index (κ3) is 2.50. The fourth-order valence-electron chi connectivity index (χ4n) is 2.73. The third-order valence-corrected chi connectivity index (χ3v) is 3.95. The Hall–Kier alpha value is -2.54. The van der Waals surface area contributed by atoms with Crippen LogP contribution in [0.3, 0.4) is 0 Å². The molecule has 0 saturated carbocycles. The van der Waals surface area contributed by atoms with Gasteiger partial charge in [-0.15, -0.1) is 5.10 Å². The van der Waals surface area contributed by atoms with Gasteiger partial charge in [0.1, 0.15) is 5.69 Å². The molecule has 0 atom stereocenters. The second kappa shape index (κ2) is 5.69. The van der Waals surface area contributed by atoms with Gasteiger partial charge in [0.2, 0.25) is 0 Å². The molecule has 0 aliphatic carbocycles. The number of H-pyrrole nitrogens is 1. The van der Waals surface area contributed by atoms with Gasteiger partial charge >= 0.3 is 0 Å². The summed E-state index contributed by atoms with van der Waals surface area (Å²) in [6.07, 6.45) is 4.11. The number of rotatable bonds is 3. The van der Waals surface area contributed by atoms with Gasteiger partial charge in [-0.2, -0.15) is 5.10 Å². The topological polar surface area (TPSA) is 84.3 Å². The smallest absolute Gasteiger partial charge is 0.181 e. The Labute approximate surface area is 127 Å². The van der Waals surface area contributed by atoms with Gasteiger partial charge < -0.3 is 5.32 Å². The highest BCUT2D eigenvalue weighted by molar-refractivity contribution is 5.58. The first kappa shape index (κ1) is 13.1. The molecule has 0 amide bonds. The van der Waals surface area contributed by atoms with E-state index in [9.17, 15) is 0 Å². The van der Waals surface area contributed by atoms with Crippen LogP contribution >= 0.6 is 0 Å². The highest BCUT2D eigenvalue weighted by Gasteiger charge is 2.18. The lowest BCUT2D eigenvalue weighted by Crippen LogP contribution is -2.29. The fourth-order valence-corrected chi connectivity index (χ4v) is 2.73. The predicted molar refractivity (Wildman–Crippen MR) is 82.0 cm³/mol. The van der Waals surface area contributed by atoms with E-state index < -0.39 is 0 Å². The van der Waals surface area contributed by atoms with Gasteiger partial charge in [0.05, 0.1) is 12.2 Å². The molecule has 0 bridgehead atoms. The van der Waals surface area contributed by atoms with Crippen LogP contribution in [0.5, 0.6) is 0 Å². The van der Waals surface area contributed by atoms with E-state index in [-0.39, 0.29) is 0 Å². The number of nitrogens with zero attached hydrogens (tertiary/aromatic N) is 5. The van der Waals surface area contributed by atoms with E-state index in [4.69, 9.17) is 0 Å². The molecular formula is C15H17N7. The first-order chi connectivity index (χ1) is 10.9. The van der Waals surface area contributed by atoms with Gasteiger partial charge in [-0.1, -0.05) is 35.5 Å². The average molecular weight is 295 g/mol. The maximum atomic E-state index is 4.51. The van der Waals surface area contributed by atoms with Crippen molar-refractivity contribution < 1.29 is 0 Å².